The first-order valence-electron chi connectivity index (χ1n) is 2.82. The lowest BCUT2D eigenvalue weighted by molar-refractivity contribution is 0.0993. The van der Waals surface area contributed by atoms with E-state index in [1.807, 2.05) is 0 Å². The van der Waals surface area contributed by atoms with E-state index in [0.717, 1.165) is 0 Å². The molecule has 0 saturated heterocycles. The fourth-order valence-corrected chi connectivity index (χ4v) is 0.814. The number of nitrogens with zero attached hydrogens (tertiary/aromatic N) is 3. The molecule has 1 aliphatic heterocycles. The number of Topliss-reactive ketones (excluding diaryl/α,β-unsaturated/α-hetero) is 1. The molecule has 1 N–H and O–H groups in total. The van der Waals surface area contributed by atoms with Crippen LogP contribution < -0.4 is 0 Å². The summed E-state index contributed by atoms with van der Waals surface area (Å²) in [5.74, 6) is 0.346. The van der Waals surface area contributed by atoms with Gasteiger partial charge in [0.1, 0.15) is 12.2 Å². The minimum atomic E-state index is -0.0532. The van der Waals surface area contributed by atoms with Crippen molar-refractivity contribution in [1.29, 1.82) is 0 Å². The zero-order valence-electron chi connectivity index (χ0n) is 5.03. The first-order chi connectivity index (χ1) is 4.88. The number of hydrogen-bond acceptors (Lipinski definition) is 4. The summed E-state index contributed by atoms with van der Waals surface area (Å²) in [4.78, 5) is 17.4. The van der Waals surface area contributed by atoms with Crippen LogP contribution in [0, 0.1) is 0 Å². The summed E-state index contributed by atoms with van der Waals surface area (Å²) in [6.07, 6.45) is 1.44. The number of azo groups is 1. The van der Waals surface area contributed by atoms with Crippen LogP contribution in [0.15, 0.2) is 16.6 Å². The molecule has 0 aliphatic carbocycles. The molecule has 2 heterocycles. The van der Waals surface area contributed by atoms with E-state index in [1.165, 1.54) is 6.33 Å². The third kappa shape index (κ3) is 0.570. The van der Waals surface area contributed by atoms with Gasteiger partial charge in [-0.25, -0.2) is 4.98 Å². The van der Waals surface area contributed by atoms with E-state index in [2.05, 4.69) is 20.2 Å². The Labute approximate surface area is 56.2 Å². The van der Waals surface area contributed by atoms with Crippen molar-refractivity contribution in [2.24, 2.45) is 10.2 Å². The van der Waals surface area contributed by atoms with Crippen LogP contribution in [-0.2, 0) is 0 Å². The summed E-state index contributed by atoms with van der Waals surface area (Å²) in [6.45, 7) is 0.134. The van der Waals surface area contributed by atoms with Crippen molar-refractivity contribution in [1.82, 2.24) is 9.97 Å². The standard InChI is InChI=1S/C5H4N4O/c10-3-1-8-9-5-4(3)6-2-7-5/h2H,1H2,(H,6,7). The van der Waals surface area contributed by atoms with Gasteiger partial charge in [0, 0.05) is 0 Å². The molecule has 0 aromatic carbocycles. The highest BCUT2D eigenvalue weighted by atomic mass is 16.1. The third-order valence-electron chi connectivity index (χ3n) is 1.28. The van der Waals surface area contributed by atoms with Crippen molar-refractivity contribution < 1.29 is 4.79 Å². The Hall–Kier alpha value is -1.52. The van der Waals surface area contributed by atoms with Crippen LogP contribution in [0.5, 0.6) is 0 Å². The molecule has 0 radical (unpaired) electrons. The molecule has 10 heavy (non-hydrogen) atoms. The van der Waals surface area contributed by atoms with Crippen molar-refractivity contribution in [3.8, 4) is 0 Å². The van der Waals surface area contributed by atoms with Gasteiger partial charge in [-0.1, -0.05) is 0 Å². The molecule has 50 valence electrons. The molecule has 0 bridgehead atoms. The van der Waals surface area contributed by atoms with Gasteiger partial charge in [-0.3, -0.25) is 4.79 Å². The second kappa shape index (κ2) is 1.73. The first-order valence-corrected chi connectivity index (χ1v) is 2.82. The highest BCUT2D eigenvalue weighted by Gasteiger charge is 2.16. The summed E-state index contributed by atoms with van der Waals surface area (Å²) < 4.78 is 0. The van der Waals surface area contributed by atoms with Gasteiger partial charge < -0.3 is 4.98 Å². The average molecular weight is 136 g/mol. The number of aromatic nitrogens is 2. The zero-order chi connectivity index (χ0) is 6.97. The van der Waals surface area contributed by atoms with Crippen LogP contribution in [0.4, 0.5) is 5.82 Å². The number of ketones is 1. The van der Waals surface area contributed by atoms with Crippen molar-refractivity contribution >= 4 is 11.6 Å². The van der Waals surface area contributed by atoms with E-state index in [-0.39, 0.29) is 12.3 Å². The van der Waals surface area contributed by atoms with Gasteiger partial charge in [0.2, 0.25) is 11.6 Å². The first kappa shape index (κ1) is 5.28. The van der Waals surface area contributed by atoms with Crippen molar-refractivity contribution in [2.75, 3.05) is 6.54 Å². The van der Waals surface area contributed by atoms with Crippen LogP contribution in [-0.4, -0.2) is 22.3 Å². The predicted molar refractivity (Wildman–Crippen MR) is 32.3 cm³/mol. The lowest BCUT2D eigenvalue weighted by Crippen LogP contribution is -2.06. The summed E-state index contributed by atoms with van der Waals surface area (Å²) >= 11 is 0. The largest absolute Gasteiger partial charge is 0.340 e. The minimum absolute atomic E-state index is 0.0532. The molecule has 0 amide bonds. The Morgan fingerprint density at radius 1 is 1.60 bits per heavy atom. The molecule has 0 atom stereocenters. The third-order valence-corrected chi connectivity index (χ3v) is 1.28. The maximum absolute atomic E-state index is 10.9. The molecule has 0 saturated carbocycles. The van der Waals surface area contributed by atoms with E-state index in [4.69, 9.17) is 0 Å². The van der Waals surface area contributed by atoms with Crippen LogP contribution >= 0.6 is 0 Å². The zero-order valence-corrected chi connectivity index (χ0v) is 5.03. The Bertz CT molecular complexity index is 300. The molecule has 1 aliphatic rings. The Morgan fingerprint density at radius 3 is 3.30 bits per heavy atom. The van der Waals surface area contributed by atoms with Crippen molar-refractivity contribution in [2.45, 2.75) is 0 Å². The number of imidazole rings is 1. The fraction of sp³-hybridized carbons (Fsp3) is 0.200. The maximum atomic E-state index is 10.9. The topological polar surface area (TPSA) is 70.5 Å². The quantitative estimate of drug-likeness (QED) is 0.569. The number of nitrogens with one attached hydrogen (secondary N) is 1. The molecule has 1 aromatic heterocycles. The van der Waals surface area contributed by atoms with Crippen LogP contribution in [0.2, 0.25) is 0 Å². The number of carbonyl (C=O) groups excluding carboxylic acids is 1. The molecule has 0 unspecified atom stereocenters. The van der Waals surface area contributed by atoms with Gasteiger partial charge in [0.15, 0.2) is 0 Å². The highest BCUT2D eigenvalue weighted by molar-refractivity contribution is 6.00. The molecule has 0 fully saturated rings. The lowest BCUT2D eigenvalue weighted by Gasteiger charge is -1.97. The van der Waals surface area contributed by atoms with Gasteiger partial charge in [-0.15, -0.1) is 5.11 Å². The lowest BCUT2D eigenvalue weighted by atomic mass is 10.3. The summed E-state index contributed by atoms with van der Waals surface area (Å²) in [7, 11) is 0. The fourth-order valence-electron chi connectivity index (χ4n) is 0.814. The van der Waals surface area contributed by atoms with E-state index in [9.17, 15) is 4.79 Å². The molecule has 5 nitrogen and oxygen atoms in total. The van der Waals surface area contributed by atoms with E-state index >= 15 is 0 Å². The summed E-state index contributed by atoms with van der Waals surface area (Å²) in [5, 5.41) is 7.23. The normalized spacial score (nSPS) is 15.4. The number of rotatable bonds is 0. The summed E-state index contributed by atoms with van der Waals surface area (Å²) in [6, 6.07) is 0. The Morgan fingerprint density at radius 2 is 2.50 bits per heavy atom. The number of aromatic amines is 1. The van der Waals surface area contributed by atoms with Crippen LogP contribution in [0.3, 0.4) is 0 Å². The van der Waals surface area contributed by atoms with E-state index in [0.29, 0.717) is 11.5 Å². The SMILES string of the molecule is O=C1CN=Nc2nc[nH]c21. The maximum Gasteiger partial charge on any atom is 0.206 e. The second-order valence-electron chi connectivity index (χ2n) is 1.92. The molecule has 2 rings (SSSR count). The molecular formula is C5H4N4O. The second-order valence-corrected chi connectivity index (χ2v) is 1.92. The Balaban J connectivity index is 2.62. The van der Waals surface area contributed by atoms with Crippen molar-refractivity contribution in [3.63, 3.8) is 0 Å². The summed E-state index contributed by atoms with van der Waals surface area (Å²) in [5.41, 5.74) is 0.468. The molecule has 0 spiro atoms. The van der Waals surface area contributed by atoms with Gasteiger partial charge in [0.05, 0.1) is 6.33 Å². The number of H-pyrrole nitrogens is 1. The van der Waals surface area contributed by atoms with Gasteiger partial charge in [0.25, 0.3) is 0 Å². The molecular weight excluding hydrogens is 132 g/mol. The van der Waals surface area contributed by atoms with Crippen LogP contribution in [0.1, 0.15) is 10.5 Å². The minimum Gasteiger partial charge on any atom is -0.340 e. The highest BCUT2D eigenvalue weighted by Crippen LogP contribution is 2.18. The van der Waals surface area contributed by atoms with Crippen LogP contribution in [0.25, 0.3) is 0 Å². The van der Waals surface area contributed by atoms with Gasteiger partial charge in [-0.2, -0.15) is 5.11 Å². The number of carbonyl (C=O) groups is 1. The molecule has 5 heteroatoms. The monoisotopic (exact) mass is 136 g/mol. The van der Waals surface area contributed by atoms with Crippen molar-refractivity contribution in [3.05, 3.63) is 12.0 Å². The molecule has 1 aromatic rings. The number of fused-ring (bicyclic) bond motifs is 1. The average Bonchev–Trinajstić information content (AvgIpc) is 2.36. The smallest absolute Gasteiger partial charge is 0.206 e. The van der Waals surface area contributed by atoms with Gasteiger partial charge >= 0.3 is 0 Å². The predicted octanol–water partition coefficient (Wildman–Crippen LogP) is 0.690. The Kier molecular flexibility index (Phi) is 0.913. The number of hydrogen-bond donors (Lipinski definition) is 1. The van der Waals surface area contributed by atoms with E-state index < -0.39 is 0 Å². The van der Waals surface area contributed by atoms with E-state index in [1.54, 1.807) is 0 Å². The van der Waals surface area contributed by atoms with Gasteiger partial charge in [-0.05, 0) is 0 Å².